The van der Waals surface area contributed by atoms with E-state index in [0.717, 1.165) is 109 Å². The predicted octanol–water partition coefficient (Wildman–Crippen LogP) is 7.99. The lowest BCUT2D eigenvalue weighted by Crippen LogP contribution is -2.50. The molecule has 7 aromatic heterocycles. The summed E-state index contributed by atoms with van der Waals surface area (Å²) in [6, 6.07) is 8.38. The number of aliphatic hydroxyl groups is 1. The second-order valence-corrected chi connectivity index (χ2v) is 33.2. The molecule has 4 saturated carbocycles. The first-order chi connectivity index (χ1) is 42.9. The smallest absolute Gasteiger partial charge is 0.543 e. The molecule has 1 saturated heterocycles. The van der Waals surface area contributed by atoms with Crippen molar-refractivity contribution in [2.24, 2.45) is 5.92 Å². The van der Waals surface area contributed by atoms with Gasteiger partial charge in [0.2, 0.25) is 8.32 Å². The molecule has 8 aromatic rings. The van der Waals surface area contributed by atoms with Crippen LogP contribution in [0.5, 0.6) is 11.6 Å². The number of fused-ring (bicyclic) bond motifs is 4. The monoisotopic (exact) mass is 1670 g/mol. The molecule has 5 aliphatic rings. The number of aromatic nitrogens is 13. The molecule has 13 rings (SSSR count). The number of Topliss-reactive ketones (excluding diaryl/α,β-unsaturated/α-hetero) is 3. The van der Waals surface area contributed by atoms with Gasteiger partial charge in [0, 0.05) is 81.0 Å². The molecule has 489 valence electrons. The molecule has 0 spiro atoms. The number of nitrogens with one attached hydrogen (secondary N) is 1. The number of ketones is 3. The van der Waals surface area contributed by atoms with E-state index in [0.29, 0.717) is 71.8 Å². The number of anilines is 3. The average Bonchev–Trinajstić information content (AvgIpc) is 1.68. The van der Waals surface area contributed by atoms with Crippen molar-refractivity contribution in [2.45, 2.75) is 140 Å². The number of carboxylic acid groups (broad SMARTS) is 1. The number of morpholine rings is 1. The lowest BCUT2D eigenvalue weighted by atomic mass is 9.84. The third-order valence-electron chi connectivity index (χ3n) is 15.4. The Hall–Kier alpha value is -5.85. The number of hydrogen-bond donors (Lipinski definition) is 7. The van der Waals surface area contributed by atoms with Crippen LogP contribution >= 0.6 is 83.7 Å². The Balaban J connectivity index is 0.000000164. The Labute approximate surface area is 574 Å². The van der Waals surface area contributed by atoms with Gasteiger partial charge in [-0.3, -0.25) is 29.2 Å². The number of aliphatic hydroxyl groups excluding tert-OH is 1. The summed E-state index contributed by atoms with van der Waals surface area (Å²) >= 11 is 9.70. The number of benzene rings is 1. The number of H-pyrrole nitrogens is 1. The molecule has 91 heavy (non-hydrogen) atoms. The third kappa shape index (κ3) is 18.3. The molecular formula is C56H73BBrI3N17O12Si. The summed E-state index contributed by atoms with van der Waals surface area (Å²) in [7, 11) is -0.441. The molecule has 1 aliphatic heterocycles. The van der Waals surface area contributed by atoms with E-state index in [2.05, 4.69) is 173 Å². The van der Waals surface area contributed by atoms with E-state index in [1.807, 2.05) is 16.8 Å². The van der Waals surface area contributed by atoms with Crippen LogP contribution in [0.4, 0.5) is 22.2 Å². The lowest BCUT2D eigenvalue weighted by Gasteiger charge is -2.44. The molecule has 1 aromatic carbocycles. The molecule has 8 heterocycles. The number of hydrogen-bond acceptors (Lipinski definition) is 24. The van der Waals surface area contributed by atoms with Gasteiger partial charge >= 0.3 is 19.7 Å². The van der Waals surface area contributed by atoms with E-state index in [4.69, 9.17) is 51.0 Å². The number of alkyl halides is 1. The minimum atomic E-state index is -1.98. The zero-order valence-corrected chi connectivity index (χ0v) is 60.6. The van der Waals surface area contributed by atoms with Gasteiger partial charge in [-0.05, 0) is 138 Å². The highest BCUT2D eigenvalue weighted by molar-refractivity contribution is 14.1. The van der Waals surface area contributed by atoms with Crippen molar-refractivity contribution in [3.63, 3.8) is 0 Å². The molecule has 5 fully saturated rings. The molecule has 0 atom stereocenters. The zero-order valence-electron chi connectivity index (χ0n) is 51.6. The van der Waals surface area contributed by atoms with Crippen LogP contribution in [-0.2, 0) is 28.7 Å². The zero-order chi connectivity index (χ0) is 66.9. The maximum absolute atomic E-state index is 12.6. The maximum Gasteiger partial charge on any atom is 0.570 e. The Morgan fingerprint density at radius 1 is 0.736 bits per heavy atom. The van der Waals surface area contributed by atoms with Gasteiger partial charge in [-0.1, -0.05) is 36.7 Å². The Morgan fingerprint density at radius 2 is 1.25 bits per heavy atom. The summed E-state index contributed by atoms with van der Waals surface area (Å²) in [5.74, 6) is 1.84. The quantitative estimate of drug-likeness (QED) is 0.0430. The van der Waals surface area contributed by atoms with Crippen LogP contribution < -0.4 is 26.3 Å². The van der Waals surface area contributed by atoms with Gasteiger partial charge in [0.15, 0.2) is 22.8 Å². The van der Waals surface area contributed by atoms with Crippen molar-refractivity contribution in [3.05, 3.63) is 54.3 Å². The Kier molecular flexibility index (Phi) is 25.0. The highest BCUT2D eigenvalue weighted by Crippen LogP contribution is 2.41. The highest BCUT2D eigenvalue weighted by Gasteiger charge is 2.40. The van der Waals surface area contributed by atoms with Crippen molar-refractivity contribution in [3.8, 4) is 11.6 Å². The van der Waals surface area contributed by atoms with Crippen LogP contribution in [0.25, 0.3) is 44.0 Å². The number of nitrogens with two attached hydrogens (primary N) is 3. The number of rotatable bonds is 8. The fourth-order valence-electron chi connectivity index (χ4n) is 9.31. The van der Waals surface area contributed by atoms with Gasteiger partial charge in [0.1, 0.15) is 76.2 Å². The fraction of sp³-hybridized carbons (Fsp3) is 0.500. The molecule has 0 amide bonds. The maximum atomic E-state index is 12.6. The minimum Gasteiger partial charge on any atom is -0.543 e. The highest BCUT2D eigenvalue weighted by atomic mass is 127. The van der Waals surface area contributed by atoms with E-state index >= 15 is 0 Å². The number of nitrogens with zero attached hydrogens (tertiary/aromatic N) is 13. The number of aliphatic carboxylic acids is 1. The lowest BCUT2D eigenvalue weighted by molar-refractivity contribution is -0.149. The minimum absolute atomic E-state index is 0.0670. The standard InChI is InChI=1S/C19H29BNO5Si.C13H17IN6O.C9H8IN5O.C5H4IN5.C5H6O3.C4H5BrO.CH4O/c1-18(2,3)24-17(22)21-15-10-9-14(26-27(7,8)19(4,5)6)11-13(15)12-16(21)25-20-23;14-11-10-12(15)16-7-17-13(10)20(18-11)9-5-8(6-9)19-1-3-21-4-2-19;10-7-6-8(11)12-3-13-9(6)15(14-7)4-1-5(16)2-4;6-3-2-4(7)8-1-9-5(2)11-10-3;6-4-1-3(2-4)5(7)8;5-3-1-4(6)2-3;1-2/h9-12,23H,1-8H3;7-9H,1-6H2,(H2,15,16,17);3-4H,1-2H2,(H2,11,12,13);1H,(H3,7,8,9,10,11);3H,1-2H2,(H,7,8);3H,1-2H2;2H,1H3. The molecule has 0 bridgehead atoms. The van der Waals surface area contributed by atoms with Crippen LogP contribution in [0, 0.1) is 17.0 Å². The van der Waals surface area contributed by atoms with Crippen LogP contribution in [0.1, 0.15) is 105 Å². The fourth-order valence-corrected chi connectivity index (χ4v) is 13.2. The normalized spacial score (nSPS) is 17.6. The summed E-state index contributed by atoms with van der Waals surface area (Å²) in [5, 5.41) is 43.2. The van der Waals surface area contributed by atoms with E-state index in [1.165, 1.54) is 23.5 Å². The number of ether oxygens (including phenoxy) is 2. The summed E-state index contributed by atoms with van der Waals surface area (Å²) in [5.41, 5.74) is 19.5. The predicted molar refractivity (Wildman–Crippen MR) is 372 cm³/mol. The summed E-state index contributed by atoms with van der Waals surface area (Å²) < 4.78 is 30.0. The summed E-state index contributed by atoms with van der Waals surface area (Å²) in [6.45, 7) is 20.1. The van der Waals surface area contributed by atoms with Gasteiger partial charge < -0.3 is 51.0 Å². The first-order valence-corrected chi connectivity index (χ1v) is 35.8. The van der Waals surface area contributed by atoms with Gasteiger partial charge in [-0.2, -0.15) is 15.3 Å². The molecule has 0 unspecified atom stereocenters. The van der Waals surface area contributed by atoms with E-state index < -0.39 is 26.0 Å². The summed E-state index contributed by atoms with van der Waals surface area (Å²) in [4.78, 5) is 81.2. The molecule has 10 N–H and O–H groups in total. The SMILES string of the molecule is CC(C)(C)OC(=O)n1c(O[B]O)cc2cc(O[Si](C)(C)C(C)(C)C)ccc21.CO.Nc1ncnc2c1c(I)nn2C1CC(=O)C1.Nc1ncnc2c1c(I)nn2C1CC(N2CCOCC2)C1.Nc1ncnc2n[nH]c(I)c12.O=C1CC(Br)C1.O=C1CC(C(=O)O)C1. The number of carboxylic acids is 1. The van der Waals surface area contributed by atoms with Gasteiger partial charge in [0.25, 0.3) is 0 Å². The van der Waals surface area contributed by atoms with Crippen molar-refractivity contribution in [2.75, 3.05) is 50.6 Å². The number of carbonyl (C=O) groups excluding carboxylic acids is 4. The molecule has 29 nitrogen and oxygen atoms in total. The van der Waals surface area contributed by atoms with Gasteiger partial charge in [0.05, 0.1) is 52.9 Å². The van der Waals surface area contributed by atoms with Crippen LogP contribution in [0.3, 0.4) is 0 Å². The molecule has 35 heteroatoms. The first-order valence-electron chi connectivity index (χ1n) is 28.7. The topological polar surface area (TPSA) is 411 Å². The number of carbonyl (C=O) groups is 5. The van der Waals surface area contributed by atoms with E-state index in [9.17, 15) is 24.0 Å². The second kappa shape index (κ2) is 31.4. The van der Waals surface area contributed by atoms with Crippen LogP contribution in [-0.4, -0.2) is 180 Å². The van der Waals surface area contributed by atoms with Gasteiger partial charge in [-0.25, -0.2) is 48.6 Å². The largest absolute Gasteiger partial charge is 0.570 e. The van der Waals surface area contributed by atoms with Crippen molar-refractivity contribution < 1.29 is 57.8 Å². The molecular weight excluding hydrogens is 1600 g/mol. The number of halogens is 4. The molecule has 4 aliphatic carbocycles. The van der Waals surface area contributed by atoms with E-state index in [1.54, 1.807) is 37.6 Å². The Bertz CT molecular complexity index is 3880. The van der Waals surface area contributed by atoms with Crippen molar-refractivity contribution in [1.29, 1.82) is 0 Å². The second-order valence-electron chi connectivity index (χ2n) is 24.0. The number of aromatic amines is 1. The van der Waals surface area contributed by atoms with Crippen LogP contribution in [0.15, 0.2) is 43.2 Å². The van der Waals surface area contributed by atoms with E-state index in [-0.39, 0.29) is 47.3 Å². The number of nitrogen functional groups attached to an aromatic ring is 3. The van der Waals surface area contributed by atoms with Crippen molar-refractivity contribution >= 4 is 191 Å². The average molecular weight is 1680 g/mol. The summed E-state index contributed by atoms with van der Waals surface area (Å²) in [6.07, 6.45) is 9.07. The molecule has 1 radical (unpaired) electrons. The Morgan fingerprint density at radius 3 is 1.70 bits per heavy atom. The van der Waals surface area contributed by atoms with Crippen molar-refractivity contribution in [1.82, 2.24) is 69.1 Å². The third-order valence-corrected chi connectivity index (χ3v) is 22.7. The van der Waals surface area contributed by atoms with Crippen LogP contribution in [0.2, 0.25) is 18.1 Å². The first kappa shape index (κ1) is 72.6. The van der Waals surface area contributed by atoms with Gasteiger partial charge in [-0.15, -0.1) is 0 Å².